The molecule has 1 radical (unpaired) electrons. The molecular formula is C42H55IrN2O2SSi-. The number of carbonyl (C=O) groups excluding carboxylic acids is 1. The minimum atomic E-state index is -1.42. The van der Waals surface area contributed by atoms with E-state index in [2.05, 4.69) is 88.9 Å². The Labute approximate surface area is 313 Å². The summed E-state index contributed by atoms with van der Waals surface area (Å²) in [7, 11) is -1.42. The van der Waals surface area contributed by atoms with Crippen molar-refractivity contribution in [3.8, 4) is 11.3 Å². The van der Waals surface area contributed by atoms with Crippen molar-refractivity contribution in [3.63, 3.8) is 0 Å². The zero-order chi connectivity index (χ0) is 35.2. The quantitative estimate of drug-likeness (QED) is 0.0587. The van der Waals surface area contributed by atoms with Crippen molar-refractivity contribution < 1.29 is 30.0 Å². The molecule has 0 aliphatic heterocycles. The number of ketones is 1. The number of hydrogen-bond donors (Lipinski definition) is 1. The van der Waals surface area contributed by atoms with Gasteiger partial charge in [-0.05, 0) is 44.1 Å². The molecule has 0 saturated carbocycles. The summed E-state index contributed by atoms with van der Waals surface area (Å²) in [5.74, 6) is 1.08. The number of rotatable bonds is 12. The van der Waals surface area contributed by atoms with Crippen molar-refractivity contribution in [3.05, 3.63) is 77.8 Å². The Morgan fingerprint density at radius 3 is 2.08 bits per heavy atom. The van der Waals surface area contributed by atoms with Crippen LogP contribution in [-0.4, -0.2) is 28.9 Å². The number of benzene rings is 3. The summed E-state index contributed by atoms with van der Waals surface area (Å²) >= 11 is 1.85. The Bertz CT molecular complexity index is 1900. The first-order chi connectivity index (χ1) is 22.9. The maximum atomic E-state index is 11.7. The number of thiophene rings is 1. The van der Waals surface area contributed by atoms with E-state index in [1.165, 1.54) is 47.9 Å². The standard InChI is InChI=1S/C29H31N2SSi.C13H24O2.Ir/c1-7-19(8-2)24-16-21(15-20-11-9-10-12-22(20)24)26-29-27(31-17-30-26)23-13-14-25(33(4,5)6)18(3)28(23)32-29;1-5-10(6-2)12(14)9-13(15)11(7-3)8-4;/h9-14,16-17,19H,7-8H2,1-6H3;9-11,14H,5-8H2,1-4H3;/q-1;;/b;12-9-;. The van der Waals surface area contributed by atoms with Gasteiger partial charge >= 0.3 is 0 Å². The second-order valence-corrected chi connectivity index (χ2v) is 20.1. The first kappa shape index (κ1) is 40.7. The number of aliphatic hydroxyl groups excluding tert-OH is 1. The van der Waals surface area contributed by atoms with E-state index in [0.29, 0.717) is 5.92 Å². The number of nitrogens with zero attached hydrogens (tertiary/aromatic N) is 2. The van der Waals surface area contributed by atoms with Crippen LogP contribution in [0.4, 0.5) is 0 Å². The van der Waals surface area contributed by atoms with Crippen LogP contribution in [0, 0.1) is 24.8 Å². The van der Waals surface area contributed by atoms with Crippen LogP contribution in [0.5, 0.6) is 0 Å². The van der Waals surface area contributed by atoms with Crippen LogP contribution in [0.15, 0.2) is 60.6 Å². The van der Waals surface area contributed by atoms with E-state index in [-0.39, 0.29) is 43.5 Å². The topological polar surface area (TPSA) is 63.1 Å². The Hall–Kier alpha value is -2.70. The molecule has 0 aliphatic carbocycles. The van der Waals surface area contributed by atoms with Crippen molar-refractivity contribution in [2.75, 3.05) is 0 Å². The van der Waals surface area contributed by atoms with Gasteiger partial charge in [-0.1, -0.05) is 120 Å². The number of hydrogen-bond acceptors (Lipinski definition) is 5. The Morgan fingerprint density at radius 1 is 0.857 bits per heavy atom. The summed E-state index contributed by atoms with van der Waals surface area (Å²) in [6.45, 7) is 22.2. The van der Waals surface area contributed by atoms with E-state index in [0.717, 1.165) is 55.3 Å². The van der Waals surface area contributed by atoms with Gasteiger partial charge in [-0.15, -0.1) is 40.5 Å². The van der Waals surface area contributed by atoms with Crippen molar-refractivity contribution in [2.24, 2.45) is 11.8 Å². The van der Waals surface area contributed by atoms with Crippen molar-refractivity contribution in [2.45, 2.75) is 113 Å². The second-order valence-electron chi connectivity index (χ2n) is 14.1. The minimum Gasteiger partial charge on any atom is -0.512 e. The summed E-state index contributed by atoms with van der Waals surface area (Å²) in [6.07, 6.45) is 8.89. The molecule has 0 aliphatic rings. The summed E-state index contributed by atoms with van der Waals surface area (Å²) in [5, 5.41) is 15.0. The van der Waals surface area contributed by atoms with Crippen LogP contribution in [0.2, 0.25) is 19.6 Å². The maximum absolute atomic E-state index is 11.7. The normalized spacial score (nSPS) is 12.2. The maximum Gasteiger partial charge on any atom is 0.162 e. The fraction of sp³-hybridized carbons (Fsp3) is 0.452. The molecule has 265 valence electrons. The second kappa shape index (κ2) is 18.0. The van der Waals surface area contributed by atoms with E-state index in [1.807, 2.05) is 39.0 Å². The molecule has 2 aromatic heterocycles. The van der Waals surface area contributed by atoms with Gasteiger partial charge in [0.25, 0.3) is 0 Å². The van der Waals surface area contributed by atoms with Crippen LogP contribution in [0.1, 0.15) is 97.1 Å². The molecule has 0 saturated heterocycles. The van der Waals surface area contributed by atoms with Crippen LogP contribution in [0.25, 0.3) is 42.3 Å². The third-order valence-electron chi connectivity index (χ3n) is 10.0. The average molecular weight is 872 g/mol. The molecule has 4 nitrogen and oxygen atoms in total. The molecule has 7 heteroatoms. The summed E-state index contributed by atoms with van der Waals surface area (Å²) in [4.78, 5) is 21.3. The summed E-state index contributed by atoms with van der Waals surface area (Å²) in [6, 6.07) is 19.3. The number of carbonyl (C=O) groups is 1. The SMILES string of the molecule is CCC(CC)C(=O)/C=C(\O)C(CC)CC.CCC(CC)c1cc(-c2ncnc3c2sc2c(C)c([Si](C)(C)C)ccc23)[c-]c2ccccc12.[Ir]. The average Bonchev–Trinajstić information content (AvgIpc) is 3.46. The molecule has 3 aromatic carbocycles. The number of aromatic nitrogens is 2. The first-order valence-corrected chi connectivity index (χ1v) is 22.3. The van der Waals surface area contributed by atoms with Gasteiger partial charge in [0.1, 0.15) is 6.33 Å². The summed E-state index contributed by atoms with van der Waals surface area (Å²) in [5.41, 5.74) is 5.98. The third kappa shape index (κ3) is 8.97. The van der Waals surface area contributed by atoms with Crippen molar-refractivity contribution in [1.29, 1.82) is 0 Å². The largest absolute Gasteiger partial charge is 0.512 e. The van der Waals surface area contributed by atoms with Crippen LogP contribution in [0.3, 0.4) is 0 Å². The third-order valence-corrected chi connectivity index (χ3v) is 13.5. The molecule has 5 rings (SSSR count). The van der Waals surface area contributed by atoms with Gasteiger partial charge in [0.05, 0.1) is 19.3 Å². The smallest absolute Gasteiger partial charge is 0.162 e. The number of aliphatic hydroxyl groups is 1. The van der Waals surface area contributed by atoms with Crippen molar-refractivity contribution in [1.82, 2.24) is 9.97 Å². The van der Waals surface area contributed by atoms with Gasteiger partial charge in [0.15, 0.2) is 5.78 Å². The molecule has 0 unspecified atom stereocenters. The van der Waals surface area contributed by atoms with E-state index in [1.54, 1.807) is 6.33 Å². The monoisotopic (exact) mass is 872 g/mol. The fourth-order valence-corrected chi connectivity index (χ4v) is 10.2. The van der Waals surface area contributed by atoms with Gasteiger partial charge in [-0.25, -0.2) is 4.98 Å². The van der Waals surface area contributed by atoms with Gasteiger partial charge in [0.2, 0.25) is 0 Å². The molecule has 2 heterocycles. The Morgan fingerprint density at radius 2 is 1.49 bits per heavy atom. The number of fused-ring (bicyclic) bond motifs is 4. The predicted molar refractivity (Wildman–Crippen MR) is 212 cm³/mol. The Balaban J connectivity index is 0.000000347. The fourth-order valence-electron chi connectivity index (χ4n) is 7.01. The molecule has 0 fully saturated rings. The molecular weight excluding hydrogens is 817 g/mol. The molecule has 5 aromatic rings. The van der Waals surface area contributed by atoms with Crippen molar-refractivity contribution >= 4 is 61.5 Å². The summed E-state index contributed by atoms with van der Waals surface area (Å²) < 4.78 is 2.53. The molecule has 0 amide bonds. The number of allylic oxidation sites excluding steroid dienone is 2. The molecule has 1 N–H and O–H groups in total. The number of aryl methyl sites for hydroxylation is 1. The minimum absolute atomic E-state index is 0. The molecule has 49 heavy (non-hydrogen) atoms. The Kier molecular flexibility index (Phi) is 14.9. The molecule has 0 atom stereocenters. The molecule has 0 spiro atoms. The van der Waals surface area contributed by atoms with Gasteiger partial charge in [0, 0.05) is 58.5 Å². The van der Waals surface area contributed by atoms with E-state index in [9.17, 15) is 9.90 Å². The van der Waals surface area contributed by atoms with E-state index >= 15 is 0 Å². The van der Waals surface area contributed by atoms with Gasteiger partial charge in [-0.3, -0.25) is 9.78 Å². The van der Waals surface area contributed by atoms with Gasteiger partial charge in [-0.2, -0.15) is 0 Å². The van der Waals surface area contributed by atoms with Crippen LogP contribution < -0.4 is 5.19 Å². The van der Waals surface area contributed by atoms with E-state index < -0.39 is 8.07 Å². The van der Waals surface area contributed by atoms with Crippen LogP contribution >= 0.6 is 11.3 Å². The van der Waals surface area contributed by atoms with E-state index in [4.69, 9.17) is 9.97 Å². The molecule has 0 bridgehead atoms. The predicted octanol–water partition coefficient (Wildman–Crippen LogP) is 12.1. The van der Waals surface area contributed by atoms with Crippen LogP contribution in [-0.2, 0) is 24.9 Å². The first-order valence-electron chi connectivity index (χ1n) is 18.0. The zero-order valence-electron chi connectivity index (χ0n) is 31.2. The van der Waals surface area contributed by atoms with Gasteiger partial charge < -0.3 is 5.11 Å². The zero-order valence-corrected chi connectivity index (χ0v) is 35.4.